The zero-order valence-electron chi connectivity index (χ0n) is 12.7. The van der Waals surface area contributed by atoms with E-state index in [0.29, 0.717) is 36.8 Å². The number of methoxy groups -OCH3 is 1. The monoisotopic (exact) mass is 324 g/mol. The number of carbonyl (C=O) groups excluding carboxylic acids is 2. The number of halogens is 1. The molecule has 1 saturated heterocycles. The Hall–Kier alpha value is -1.59. The Bertz CT molecular complexity index is 519. The molecule has 120 valence electrons. The van der Waals surface area contributed by atoms with Gasteiger partial charge in [0.2, 0.25) is 0 Å². The molecule has 1 aromatic rings. The summed E-state index contributed by atoms with van der Waals surface area (Å²) >= 11 is 5.84. The average molecular weight is 325 g/mol. The first-order valence-corrected chi connectivity index (χ1v) is 7.81. The molecule has 1 aromatic carbocycles. The van der Waals surface area contributed by atoms with E-state index < -0.39 is 0 Å². The second-order valence-corrected chi connectivity index (χ2v) is 5.82. The minimum Gasteiger partial charge on any atom is -0.383 e. The number of piperidine rings is 1. The first kappa shape index (κ1) is 16.8. The van der Waals surface area contributed by atoms with E-state index in [-0.39, 0.29) is 17.7 Å². The van der Waals surface area contributed by atoms with Crippen molar-refractivity contribution in [2.45, 2.75) is 12.8 Å². The summed E-state index contributed by atoms with van der Waals surface area (Å²) in [6.07, 6.45) is 1.64. The second kappa shape index (κ2) is 8.15. The number of benzene rings is 1. The Labute approximate surface area is 135 Å². The van der Waals surface area contributed by atoms with Crippen LogP contribution >= 0.6 is 11.6 Å². The zero-order chi connectivity index (χ0) is 15.9. The van der Waals surface area contributed by atoms with Crippen molar-refractivity contribution in [3.63, 3.8) is 0 Å². The van der Waals surface area contributed by atoms with Gasteiger partial charge in [0.1, 0.15) is 0 Å². The lowest BCUT2D eigenvalue weighted by Crippen LogP contribution is -2.47. The van der Waals surface area contributed by atoms with Crippen molar-refractivity contribution in [2.24, 2.45) is 5.92 Å². The molecule has 0 aromatic heterocycles. The van der Waals surface area contributed by atoms with Gasteiger partial charge in [-0.2, -0.15) is 0 Å². The molecular weight excluding hydrogens is 304 g/mol. The van der Waals surface area contributed by atoms with E-state index in [1.54, 1.807) is 36.3 Å². The van der Waals surface area contributed by atoms with Crippen molar-refractivity contribution < 1.29 is 14.3 Å². The van der Waals surface area contributed by atoms with Crippen LogP contribution in [-0.4, -0.2) is 50.1 Å². The molecule has 0 radical (unpaired) electrons. The summed E-state index contributed by atoms with van der Waals surface area (Å²) in [4.78, 5) is 26.3. The Morgan fingerprint density at radius 3 is 2.77 bits per heavy atom. The number of hydrogen-bond acceptors (Lipinski definition) is 3. The zero-order valence-corrected chi connectivity index (χ0v) is 13.4. The van der Waals surface area contributed by atoms with Crippen molar-refractivity contribution in [3.8, 4) is 0 Å². The molecule has 0 spiro atoms. The van der Waals surface area contributed by atoms with Gasteiger partial charge in [0.15, 0.2) is 5.78 Å². The second-order valence-electron chi connectivity index (χ2n) is 5.38. The lowest BCUT2D eigenvalue weighted by atomic mass is 9.90. The van der Waals surface area contributed by atoms with Gasteiger partial charge in [0.25, 0.3) is 0 Å². The van der Waals surface area contributed by atoms with Crippen LogP contribution in [0.2, 0.25) is 5.02 Å². The smallest absolute Gasteiger partial charge is 0.317 e. The lowest BCUT2D eigenvalue weighted by molar-refractivity contribution is 0.0844. The number of ketones is 1. The summed E-state index contributed by atoms with van der Waals surface area (Å²) in [7, 11) is 1.59. The maximum Gasteiger partial charge on any atom is 0.317 e. The largest absolute Gasteiger partial charge is 0.383 e. The van der Waals surface area contributed by atoms with E-state index in [1.807, 2.05) is 0 Å². The van der Waals surface area contributed by atoms with E-state index in [2.05, 4.69) is 5.32 Å². The van der Waals surface area contributed by atoms with E-state index in [4.69, 9.17) is 16.3 Å². The van der Waals surface area contributed by atoms with Gasteiger partial charge >= 0.3 is 6.03 Å². The fraction of sp³-hybridized carbons (Fsp3) is 0.500. The third-order valence-corrected chi connectivity index (χ3v) is 4.04. The molecule has 1 atom stereocenters. The van der Waals surface area contributed by atoms with Gasteiger partial charge in [0, 0.05) is 43.2 Å². The molecule has 0 aliphatic carbocycles. The molecule has 1 aliphatic rings. The Morgan fingerprint density at radius 2 is 2.09 bits per heavy atom. The van der Waals surface area contributed by atoms with Crippen LogP contribution in [0.15, 0.2) is 24.3 Å². The van der Waals surface area contributed by atoms with Gasteiger partial charge in [-0.15, -0.1) is 0 Å². The van der Waals surface area contributed by atoms with Gasteiger partial charge < -0.3 is 15.0 Å². The minimum absolute atomic E-state index is 0.0751. The van der Waals surface area contributed by atoms with Gasteiger partial charge in [-0.1, -0.05) is 11.6 Å². The molecule has 2 amide bonds. The maximum atomic E-state index is 12.5. The quantitative estimate of drug-likeness (QED) is 0.669. The highest BCUT2D eigenvalue weighted by Gasteiger charge is 2.28. The van der Waals surface area contributed by atoms with Crippen molar-refractivity contribution in [3.05, 3.63) is 34.9 Å². The first-order valence-electron chi connectivity index (χ1n) is 7.43. The van der Waals surface area contributed by atoms with Gasteiger partial charge in [-0.05, 0) is 37.1 Å². The number of urea groups is 1. The fourth-order valence-electron chi connectivity index (χ4n) is 2.60. The molecule has 2 rings (SSSR count). The Kier molecular flexibility index (Phi) is 6.21. The number of nitrogens with zero attached hydrogens (tertiary/aromatic N) is 1. The first-order chi connectivity index (χ1) is 10.6. The standard InChI is InChI=1S/C16H21ClN2O3/c1-22-10-8-18-16(21)19-9-2-3-13(11-19)15(20)12-4-6-14(17)7-5-12/h4-7,13H,2-3,8-11H2,1H3,(H,18,21). The van der Waals surface area contributed by atoms with Gasteiger partial charge in [0.05, 0.1) is 6.61 Å². The van der Waals surface area contributed by atoms with Gasteiger partial charge in [-0.25, -0.2) is 4.79 Å². The predicted molar refractivity (Wildman–Crippen MR) is 85.4 cm³/mol. The number of hydrogen-bond donors (Lipinski definition) is 1. The molecular formula is C16H21ClN2O3. The summed E-state index contributed by atoms with van der Waals surface area (Å²) in [5.41, 5.74) is 0.649. The highest BCUT2D eigenvalue weighted by molar-refractivity contribution is 6.30. The van der Waals surface area contributed by atoms with E-state index in [9.17, 15) is 9.59 Å². The molecule has 1 heterocycles. The minimum atomic E-state index is -0.150. The normalized spacial score (nSPS) is 18.1. The summed E-state index contributed by atoms with van der Waals surface area (Å²) in [5.74, 6) is -0.0749. The van der Waals surface area contributed by atoms with Crippen LogP contribution in [0.5, 0.6) is 0 Å². The number of Topliss-reactive ketones (excluding diaryl/α,β-unsaturated/α-hetero) is 1. The van der Waals surface area contributed by atoms with Gasteiger partial charge in [-0.3, -0.25) is 4.79 Å². The predicted octanol–water partition coefficient (Wildman–Crippen LogP) is 2.59. The van der Waals surface area contributed by atoms with Crippen molar-refractivity contribution in [2.75, 3.05) is 33.4 Å². The van der Waals surface area contributed by atoms with Crippen LogP contribution in [0.25, 0.3) is 0 Å². The van der Waals surface area contributed by atoms with Crippen LogP contribution in [0.3, 0.4) is 0 Å². The van der Waals surface area contributed by atoms with Crippen molar-refractivity contribution in [1.29, 1.82) is 0 Å². The molecule has 1 N–H and O–H groups in total. The van der Waals surface area contributed by atoms with Crippen LogP contribution in [0, 0.1) is 5.92 Å². The number of carbonyl (C=O) groups is 2. The molecule has 0 bridgehead atoms. The summed E-state index contributed by atoms with van der Waals surface area (Å²) < 4.78 is 4.91. The molecule has 6 heteroatoms. The summed E-state index contributed by atoms with van der Waals surface area (Å²) in [5, 5.41) is 3.40. The number of nitrogens with one attached hydrogen (secondary N) is 1. The number of likely N-dealkylation sites (tertiary alicyclic amines) is 1. The van der Waals surface area contributed by atoms with Crippen LogP contribution in [0.1, 0.15) is 23.2 Å². The van der Waals surface area contributed by atoms with Crippen LogP contribution < -0.4 is 5.32 Å². The SMILES string of the molecule is COCCNC(=O)N1CCCC(C(=O)c2ccc(Cl)cc2)C1. The molecule has 5 nitrogen and oxygen atoms in total. The van der Waals surface area contributed by atoms with Crippen LogP contribution in [-0.2, 0) is 4.74 Å². The highest BCUT2D eigenvalue weighted by Crippen LogP contribution is 2.22. The Balaban J connectivity index is 1.93. The topological polar surface area (TPSA) is 58.6 Å². The number of amides is 2. The van der Waals surface area contributed by atoms with Crippen molar-refractivity contribution >= 4 is 23.4 Å². The average Bonchev–Trinajstić information content (AvgIpc) is 2.55. The number of ether oxygens (including phenoxy) is 1. The van der Waals surface area contributed by atoms with E-state index in [1.165, 1.54) is 0 Å². The third kappa shape index (κ3) is 4.45. The van der Waals surface area contributed by atoms with Crippen LogP contribution in [0.4, 0.5) is 4.79 Å². The molecule has 1 aliphatic heterocycles. The molecule has 1 fully saturated rings. The Morgan fingerprint density at radius 1 is 1.36 bits per heavy atom. The lowest BCUT2D eigenvalue weighted by Gasteiger charge is -2.32. The molecule has 1 unspecified atom stereocenters. The molecule has 0 saturated carbocycles. The number of rotatable bonds is 5. The fourth-order valence-corrected chi connectivity index (χ4v) is 2.72. The van der Waals surface area contributed by atoms with E-state index in [0.717, 1.165) is 12.8 Å². The van der Waals surface area contributed by atoms with Crippen molar-refractivity contribution in [1.82, 2.24) is 10.2 Å². The summed E-state index contributed by atoms with van der Waals surface area (Å²) in [6, 6.07) is 6.77. The maximum absolute atomic E-state index is 12.5. The molecule has 22 heavy (non-hydrogen) atoms. The van der Waals surface area contributed by atoms with E-state index >= 15 is 0 Å². The summed E-state index contributed by atoms with van der Waals surface area (Å²) in [6.45, 7) is 2.10. The highest BCUT2D eigenvalue weighted by atomic mass is 35.5. The third-order valence-electron chi connectivity index (χ3n) is 3.79.